The van der Waals surface area contributed by atoms with Crippen LogP contribution in [0.2, 0.25) is 25.7 Å². The summed E-state index contributed by atoms with van der Waals surface area (Å²) in [4.78, 5) is 23.8. The Kier molecular flexibility index (Phi) is 7.17. The molecule has 0 unspecified atom stereocenters. The number of nitrogens with one attached hydrogen (secondary N) is 2. The van der Waals surface area contributed by atoms with Gasteiger partial charge in [0.25, 0.3) is 0 Å². The summed E-state index contributed by atoms with van der Waals surface area (Å²) in [6.45, 7) is 17.7. The van der Waals surface area contributed by atoms with Gasteiger partial charge < -0.3 is 19.8 Å². The second-order valence-electron chi connectivity index (χ2n) is 13.6. The van der Waals surface area contributed by atoms with Crippen LogP contribution in [0.3, 0.4) is 0 Å². The van der Waals surface area contributed by atoms with E-state index in [4.69, 9.17) is 19.6 Å². The predicted molar refractivity (Wildman–Crippen MR) is 160 cm³/mol. The van der Waals surface area contributed by atoms with Crippen molar-refractivity contribution < 1.29 is 14.3 Å². The van der Waals surface area contributed by atoms with Gasteiger partial charge in [0.05, 0.1) is 30.3 Å². The highest BCUT2D eigenvalue weighted by Crippen LogP contribution is 2.60. The standard InChI is InChI=1S/C30H44N6O3Si/c1-19-13-24-25(15-23(19)33-29(37)20(2)35-7-9-38-10-8-35)32-28(31-24)27-22-14-21-16-30(21,3)17-26(22)36(34-27)18-39-11-12-40(4,5)6/h13,15,20-21H,7-12,14,16-18H2,1-6H3,(H,31,32)(H,33,37)/t20-,21+,30+/m0/s1. The Hall–Kier alpha value is -2.53. The number of nitrogens with zero attached hydrogens (tertiary/aromatic N) is 4. The highest BCUT2D eigenvalue weighted by atomic mass is 28.3. The van der Waals surface area contributed by atoms with Crippen LogP contribution >= 0.6 is 0 Å². The van der Waals surface area contributed by atoms with Gasteiger partial charge in [-0.2, -0.15) is 5.10 Å². The van der Waals surface area contributed by atoms with Gasteiger partial charge in [-0.25, -0.2) is 9.67 Å². The Labute approximate surface area is 238 Å². The number of aryl methyl sites for hydroxylation is 1. The number of imidazole rings is 1. The minimum atomic E-state index is -1.15. The number of benzene rings is 1. The van der Waals surface area contributed by atoms with Crippen LogP contribution in [0.4, 0.5) is 5.69 Å². The fraction of sp³-hybridized carbons (Fsp3) is 0.633. The van der Waals surface area contributed by atoms with Crippen molar-refractivity contribution >= 4 is 30.7 Å². The molecule has 1 aliphatic heterocycles. The van der Waals surface area contributed by atoms with Gasteiger partial charge in [-0.1, -0.05) is 26.6 Å². The zero-order valence-corrected chi connectivity index (χ0v) is 25.9. The van der Waals surface area contributed by atoms with Crippen LogP contribution in [0, 0.1) is 18.3 Å². The summed E-state index contributed by atoms with van der Waals surface area (Å²) in [7, 11) is -1.15. The summed E-state index contributed by atoms with van der Waals surface area (Å²) in [6, 6.07) is 4.98. The average Bonchev–Trinajstić information content (AvgIpc) is 3.22. The Morgan fingerprint density at radius 3 is 2.83 bits per heavy atom. The molecule has 0 bridgehead atoms. The first kappa shape index (κ1) is 27.6. The molecule has 3 aromatic rings. The van der Waals surface area contributed by atoms with Gasteiger partial charge >= 0.3 is 0 Å². The van der Waals surface area contributed by atoms with Gasteiger partial charge in [0.2, 0.25) is 5.91 Å². The van der Waals surface area contributed by atoms with Gasteiger partial charge in [0.1, 0.15) is 12.4 Å². The molecule has 6 rings (SSSR count). The van der Waals surface area contributed by atoms with Crippen molar-refractivity contribution in [1.29, 1.82) is 0 Å². The van der Waals surface area contributed by atoms with E-state index in [1.165, 1.54) is 17.7 Å². The van der Waals surface area contributed by atoms with E-state index in [1.54, 1.807) is 0 Å². The van der Waals surface area contributed by atoms with Crippen molar-refractivity contribution in [3.8, 4) is 11.5 Å². The highest BCUT2D eigenvalue weighted by Gasteiger charge is 2.54. The van der Waals surface area contributed by atoms with Crippen LogP contribution in [0.5, 0.6) is 0 Å². The lowest BCUT2D eigenvalue weighted by Gasteiger charge is -2.31. The molecule has 2 aliphatic carbocycles. The number of H-pyrrole nitrogens is 1. The average molecular weight is 565 g/mol. The number of aromatic amines is 1. The number of ether oxygens (including phenoxy) is 2. The lowest BCUT2D eigenvalue weighted by molar-refractivity contribution is -0.122. The fourth-order valence-electron chi connectivity index (χ4n) is 6.22. The smallest absolute Gasteiger partial charge is 0.241 e. The zero-order chi connectivity index (χ0) is 28.2. The monoisotopic (exact) mass is 564 g/mol. The van der Waals surface area contributed by atoms with E-state index >= 15 is 0 Å². The summed E-state index contributed by atoms with van der Waals surface area (Å²) in [5.41, 5.74) is 7.55. The second kappa shape index (κ2) is 10.4. The maximum Gasteiger partial charge on any atom is 0.241 e. The molecule has 216 valence electrons. The molecule has 9 nitrogen and oxygen atoms in total. The third-order valence-corrected chi connectivity index (χ3v) is 10.9. The fourth-order valence-corrected chi connectivity index (χ4v) is 6.98. The third-order valence-electron chi connectivity index (χ3n) is 9.22. The number of morpholine rings is 1. The summed E-state index contributed by atoms with van der Waals surface area (Å²) in [6.07, 6.45) is 3.38. The van der Waals surface area contributed by atoms with Crippen molar-refractivity contribution in [3.63, 3.8) is 0 Å². The number of hydrogen-bond donors (Lipinski definition) is 2. The third kappa shape index (κ3) is 5.51. The van der Waals surface area contributed by atoms with Crippen molar-refractivity contribution in [1.82, 2.24) is 24.6 Å². The molecule has 3 aliphatic rings. The predicted octanol–water partition coefficient (Wildman–Crippen LogP) is 4.83. The van der Waals surface area contributed by atoms with E-state index < -0.39 is 8.07 Å². The minimum Gasteiger partial charge on any atom is -0.379 e. The molecule has 0 spiro atoms. The molecule has 1 aromatic carbocycles. The highest BCUT2D eigenvalue weighted by molar-refractivity contribution is 6.76. The molecule has 1 amide bonds. The number of fused-ring (bicyclic) bond motifs is 3. The molecule has 1 saturated heterocycles. The quantitative estimate of drug-likeness (QED) is 0.285. The van der Waals surface area contributed by atoms with Crippen molar-refractivity contribution in [2.75, 3.05) is 38.2 Å². The lowest BCUT2D eigenvalue weighted by atomic mass is 9.87. The molecular weight excluding hydrogens is 520 g/mol. The number of carbonyl (C=O) groups is 1. The molecule has 2 N–H and O–H groups in total. The SMILES string of the molecule is Cc1cc2[nH]c(-c3nn(COCC[Si](C)(C)C)c4c3C[C@@H]3C[C@]3(C)C4)nc2cc1NC(=O)[C@H](C)N1CCOCC1. The molecule has 3 heterocycles. The van der Waals surface area contributed by atoms with Crippen molar-refractivity contribution in [2.24, 2.45) is 11.3 Å². The Morgan fingerprint density at radius 2 is 2.08 bits per heavy atom. The van der Waals surface area contributed by atoms with E-state index in [9.17, 15) is 4.79 Å². The van der Waals surface area contributed by atoms with Crippen LogP contribution in [-0.4, -0.2) is 77.6 Å². The van der Waals surface area contributed by atoms with Gasteiger partial charge in [-0.3, -0.25) is 9.69 Å². The summed E-state index contributed by atoms with van der Waals surface area (Å²) in [5, 5.41) is 8.22. The van der Waals surface area contributed by atoms with Crippen molar-refractivity contribution in [3.05, 3.63) is 29.0 Å². The van der Waals surface area contributed by atoms with E-state index in [2.05, 4.69) is 52.5 Å². The van der Waals surface area contributed by atoms with E-state index in [-0.39, 0.29) is 11.9 Å². The van der Waals surface area contributed by atoms with E-state index in [0.29, 0.717) is 25.4 Å². The zero-order valence-electron chi connectivity index (χ0n) is 24.9. The molecule has 10 heteroatoms. The first-order chi connectivity index (χ1) is 19.0. The number of hydrogen-bond acceptors (Lipinski definition) is 6. The molecule has 3 atom stereocenters. The summed E-state index contributed by atoms with van der Waals surface area (Å²) in [5.74, 6) is 1.52. The largest absolute Gasteiger partial charge is 0.379 e. The maximum atomic E-state index is 13.1. The first-order valence-corrected chi connectivity index (χ1v) is 18.5. The van der Waals surface area contributed by atoms with Crippen molar-refractivity contribution in [2.45, 2.75) is 78.5 Å². The molecule has 2 aromatic heterocycles. The van der Waals surface area contributed by atoms with Gasteiger partial charge in [0, 0.05) is 44.7 Å². The Morgan fingerprint density at radius 1 is 1.30 bits per heavy atom. The number of amides is 1. The molecule has 40 heavy (non-hydrogen) atoms. The molecular formula is C30H44N6O3Si. The van der Waals surface area contributed by atoms with Crippen LogP contribution in [0.15, 0.2) is 12.1 Å². The van der Waals surface area contributed by atoms with Crippen LogP contribution in [-0.2, 0) is 33.8 Å². The van der Waals surface area contributed by atoms with Crippen LogP contribution in [0.25, 0.3) is 22.6 Å². The Balaban J connectivity index is 1.25. The van der Waals surface area contributed by atoms with E-state index in [1.807, 2.05) is 19.9 Å². The maximum absolute atomic E-state index is 13.1. The van der Waals surface area contributed by atoms with Crippen LogP contribution < -0.4 is 5.32 Å². The Bertz CT molecular complexity index is 1420. The molecule has 2 fully saturated rings. The molecule has 0 radical (unpaired) electrons. The van der Waals surface area contributed by atoms with Crippen LogP contribution in [0.1, 0.15) is 37.1 Å². The van der Waals surface area contributed by atoms with Gasteiger partial charge in [-0.05, 0) is 68.2 Å². The number of rotatable bonds is 9. The normalized spacial score (nSPS) is 23.6. The first-order valence-electron chi connectivity index (χ1n) is 14.8. The number of anilines is 1. The lowest BCUT2D eigenvalue weighted by Crippen LogP contribution is -2.47. The topological polar surface area (TPSA) is 97.3 Å². The second-order valence-corrected chi connectivity index (χ2v) is 19.3. The van der Waals surface area contributed by atoms with Gasteiger partial charge in [-0.15, -0.1) is 0 Å². The number of aromatic nitrogens is 4. The number of carbonyl (C=O) groups excluding carboxylic acids is 1. The van der Waals surface area contributed by atoms with Gasteiger partial charge in [0.15, 0.2) is 5.82 Å². The minimum absolute atomic E-state index is 0.00506. The molecule has 1 saturated carbocycles. The summed E-state index contributed by atoms with van der Waals surface area (Å²) < 4.78 is 13.7. The van der Waals surface area contributed by atoms with E-state index in [0.717, 1.165) is 78.3 Å². The summed E-state index contributed by atoms with van der Waals surface area (Å²) >= 11 is 0.